The second kappa shape index (κ2) is 8.73. The first-order valence-electron chi connectivity index (χ1n) is 8.51. The highest BCUT2D eigenvalue weighted by Crippen LogP contribution is 2.36. The van der Waals surface area contributed by atoms with E-state index < -0.39 is 0 Å². The summed E-state index contributed by atoms with van der Waals surface area (Å²) in [5, 5.41) is 5.21. The van der Waals surface area contributed by atoms with Crippen molar-refractivity contribution in [1.82, 2.24) is 0 Å². The van der Waals surface area contributed by atoms with E-state index in [1.165, 1.54) is 18.5 Å². The molecular formula is C21H20ClFN4O. The Balaban J connectivity index is 1.94. The van der Waals surface area contributed by atoms with E-state index in [1.54, 1.807) is 36.4 Å². The molecule has 0 aromatic heterocycles. The summed E-state index contributed by atoms with van der Waals surface area (Å²) in [4.78, 5) is 0. The van der Waals surface area contributed by atoms with E-state index in [0.29, 0.717) is 39.6 Å². The number of benzene rings is 3. The number of methoxy groups -OCH3 is 1. The summed E-state index contributed by atoms with van der Waals surface area (Å²) in [6, 6.07) is 17.9. The van der Waals surface area contributed by atoms with Gasteiger partial charge in [-0.25, -0.2) is 10.2 Å². The molecular weight excluding hydrogens is 379 g/mol. The van der Waals surface area contributed by atoms with Gasteiger partial charge in [0.05, 0.1) is 18.4 Å². The maximum atomic E-state index is 15.3. The number of hydrazine groups is 1. The topological polar surface area (TPSA) is 76.9 Å². The van der Waals surface area contributed by atoms with Crippen molar-refractivity contribution in [2.24, 2.45) is 16.8 Å². The molecule has 0 saturated heterocycles. The lowest BCUT2D eigenvalue weighted by Gasteiger charge is -2.15. The second-order valence-electron chi connectivity index (χ2n) is 6.14. The fraction of sp³-hybridized carbons (Fsp3) is 0.0952. The first kappa shape index (κ1) is 19.7. The maximum absolute atomic E-state index is 15.3. The van der Waals surface area contributed by atoms with Gasteiger partial charge in [-0.1, -0.05) is 41.9 Å². The third kappa shape index (κ3) is 4.24. The van der Waals surface area contributed by atoms with E-state index >= 15 is 4.39 Å². The number of hydrogen-bond donors (Lipinski definition) is 2. The number of halogens is 2. The van der Waals surface area contributed by atoms with Crippen LogP contribution < -0.4 is 21.4 Å². The van der Waals surface area contributed by atoms with Gasteiger partial charge in [0.25, 0.3) is 0 Å². The minimum absolute atomic E-state index is 0.332. The SMILES string of the molecule is COc1ccc(Cc2ccc(N(N)/C=N\N)cc2)c(F)c1-c1cccc(Cl)c1. The first-order chi connectivity index (χ1) is 13.5. The van der Waals surface area contributed by atoms with Crippen LogP contribution in [0.4, 0.5) is 10.1 Å². The summed E-state index contributed by atoms with van der Waals surface area (Å²) >= 11 is 6.08. The van der Waals surface area contributed by atoms with Gasteiger partial charge in [-0.05, 0) is 47.0 Å². The molecule has 0 spiro atoms. The molecule has 0 amide bonds. The normalized spacial score (nSPS) is 11.0. The number of rotatable bonds is 6. The van der Waals surface area contributed by atoms with Crippen LogP contribution in [0.2, 0.25) is 5.02 Å². The van der Waals surface area contributed by atoms with Crippen molar-refractivity contribution >= 4 is 23.6 Å². The molecule has 0 aliphatic carbocycles. The predicted octanol–water partition coefficient (Wildman–Crippen LogP) is 4.33. The summed E-state index contributed by atoms with van der Waals surface area (Å²) in [6.45, 7) is 0. The van der Waals surface area contributed by atoms with Gasteiger partial charge in [-0.3, -0.25) is 5.01 Å². The van der Waals surface area contributed by atoms with Crippen LogP contribution in [0.15, 0.2) is 65.8 Å². The zero-order valence-corrected chi connectivity index (χ0v) is 16.0. The standard InChI is InChI=1S/C21H20ClFN4O/c1-28-19-10-7-16(21(23)20(19)15-3-2-4-17(22)12-15)11-14-5-8-18(9-6-14)27(25)13-26-24/h2-10,12-13H,11,24-25H2,1H3/b26-13-. The molecule has 4 N–H and O–H groups in total. The van der Waals surface area contributed by atoms with Crippen molar-refractivity contribution in [3.8, 4) is 16.9 Å². The maximum Gasteiger partial charge on any atom is 0.138 e. The van der Waals surface area contributed by atoms with Gasteiger partial charge in [0.15, 0.2) is 0 Å². The van der Waals surface area contributed by atoms with Crippen molar-refractivity contribution in [3.05, 3.63) is 82.6 Å². The molecule has 0 unspecified atom stereocenters. The molecule has 3 rings (SSSR count). The summed E-state index contributed by atoms with van der Waals surface area (Å²) in [7, 11) is 1.52. The third-order valence-electron chi connectivity index (χ3n) is 4.34. The molecule has 0 aliphatic rings. The fourth-order valence-electron chi connectivity index (χ4n) is 2.97. The highest BCUT2D eigenvalue weighted by Gasteiger charge is 2.16. The monoisotopic (exact) mass is 398 g/mol. The van der Waals surface area contributed by atoms with Crippen LogP contribution in [0.3, 0.4) is 0 Å². The Labute approximate surface area is 167 Å². The highest BCUT2D eigenvalue weighted by atomic mass is 35.5. The zero-order chi connectivity index (χ0) is 20.1. The lowest BCUT2D eigenvalue weighted by molar-refractivity contribution is 0.413. The van der Waals surface area contributed by atoms with Crippen LogP contribution in [0.25, 0.3) is 11.1 Å². The van der Waals surface area contributed by atoms with Crippen LogP contribution in [-0.4, -0.2) is 13.4 Å². The Bertz CT molecular complexity index is 992. The van der Waals surface area contributed by atoms with Crippen molar-refractivity contribution in [1.29, 1.82) is 0 Å². The number of nitrogens with two attached hydrogens (primary N) is 2. The highest BCUT2D eigenvalue weighted by molar-refractivity contribution is 6.30. The van der Waals surface area contributed by atoms with Crippen LogP contribution in [0.5, 0.6) is 5.75 Å². The Hall–Kier alpha value is -3.09. The van der Waals surface area contributed by atoms with Crippen LogP contribution >= 0.6 is 11.6 Å². The molecule has 7 heteroatoms. The summed E-state index contributed by atoms with van der Waals surface area (Å²) in [6.07, 6.45) is 1.72. The molecule has 0 saturated carbocycles. The number of ether oxygens (including phenoxy) is 1. The van der Waals surface area contributed by atoms with Crippen molar-refractivity contribution in [2.75, 3.05) is 12.1 Å². The van der Waals surface area contributed by atoms with Gasteiger partial charge in [-0.2, -0.15) is 5.10 Å². The molecule has 0 fully saturated rings. The minimum Gasteiger partial charge on any atom is -0.496 e. The number of hydrazone groups is 1. The molecule has 0 radical (unpaired) electrons. The summed E-state index contributed by atoms with van der Waals surface area (Å²) in [5.74, 6) is 11.0. The lowest BCUT2D eigenvalue weighted by atomic mass is 9.97. The molecule has 3 aromatic rings. The smallest absolute Gasteiger partial charge is 0.138 e. The van der Waals surface area contributed by atoms with Crippen molar-refractivity contribution in [3.63, 3.8) is 0 Å². The molecule has 0 bridgehead atoms. The van der Waals surface area contributed by atoms with E-state index in [1.807, 2.05) is 24.3 Å². The Morgan fingerprint density at radius 2 is 1.89 bits per heavy atom. The van der Waals surface area contributed by atoms with Crippen molar-refractivity contribution < 1.29 is 9.13 Å². The predicted molar refractivity (Wildman–Crippen MR) is 112 cm³/mol. The molecule has 28 heavy (non-hydrogen) atoms. The van der Waals surface area contributed by atoms with Crippen LogP contribution in [0.1, 0.15) is 11.1 Å². The van der Waals surface area contributed by atoms with Crippen molar-refractivity contribution in [2.45, 2.75) is 6.42 Å². The van der Waals surface area contributed by atoms with Gasteiger partial charge >= 0.3 is 0 Å². The van der Waals surface area contributed by atoms with Crippen LogP contribution in [0, 0.1) is 5.82 Å². The average Bonchev–Trinajstić information content (AvgIpc) is 2.70. The molecule has 0 aliphatic heterocycles. The minimum atomic E-state index is -0.332. The molecule has 3 aromatic carbocycles. The number of nitrogens with zero attached hydrogens (tertiary/aromatic N) is 2. The average molecular weight is 399 g/mol. The third-order valence-corrected chi connectivity index (χ3v) is 4.57. The van der Waals surface area contributed by atoms with E-state index in [-0.39, 0.29) is 5.82 Å². The van der Waals surface area contributed by atoms with E-state index in [9.17, 15) is 0 Å². The first-order valence-corrected chi connectivity index (χ1v) is 8.89. The zero-order valence-electron chi connectivity index (χ0n) is 15.3. The van der Waals surface area contributed by atoms with Crippen LogP contribution in [-0.2, 0) is 6.42 Å². The fourth-order valence-corrected chi connectivity index (χ4v) is 3.16. The quantitative estimate of drug-likeness (QED) is 0.280. The van der Waals surface area contributed by atoms with Gasteiger partial charge in [0.2, 0.25) is 0 Å². The Kier molecular flexibility index (Phi) is 6.13. The molecule has 144 valence electrons. The van der Waals surface area contributed by atoms with E-state index in [4.69, 9.17) is 28.0 Å². The summed E-state index contributed by atoms with van der Waals surface area (Å²) < 4.78 is 20.7. The van der Waals surface area contributed by atoms with Gasteiger partial charge in [0, 0.05) is 11.4 Å². The Morgan fingerprint density at radius 3 is 2.54 bits per heavy atom. The Morgan fingerprint density at radius 1 is 1.14 bits per heavy atom. The van der Waals surface area contributed by atoms with E-state index in [0.717, 1.165) is 5.56 Å². The van der Waals surface area contributed by atoms with Gasteiger partial charge in [0.1, 0.15) is 17.9 Å². The number of hydrogen-bond acceptors (Lipinski definition) is 4. The van der Waals surface area contributed by atoms with Gasteiger partial charge < -0.3 is 10.6 Å². The largest absolute Gasteiger partial charge is 0.496 e. The lowest BCUT2D eigenvalue weighted by Crippen LogP contribution is -2.29. The van der Waals surface area contributed by atoms with E-state index in [2.05, 4.69) is 5.10 Å². The molecule has 5 nitrogen and oxygen atoms in total. The summed E-state index contributed by atoms with van der Waals surface area (Å²) in [5.41, 5.74) is 3.26. The molecule has 0 atom stereocenters. The molecule has 0 heterocycles. The van der Waals surface area contributed by atoms with Gasteiger partial charge in [-0.15, -0.1) is 0 Å². The number of anilines is 1. The second-order valence-corrected chi connectivity index (χ2v) is 6.58.